The lowest BCUT2D eigenvalue weighted by Gasteiger charge is -2.11. The van der Waals surface area contributed by atoms with Gasteiger partial charge in [0, 0.05) is 11.1 Å². The first-order valence-electron chi connectivity index (χ1n) is 14.6. The molecule has 6 heteroatoms. The minimum Gasteiger partial charge on any atom is -0.418 e. The summed E-state index contributed by atoms with van der Waals surface area (Å²) in [6.07, 6.45) is 17.5. The van der Waals surface area contributed by atoms with E-state index in [4.69, 9.17) is 24.7 Å². The number of hydrogen-bond donors (Lipinski definition) is 0. The Kier molecular flexibility index (Phi) is 6.50. The predicted molar refractivity (Wildman–Crippen MR) is 180 cm³/mol. The molecule has 5 aliphatic rings. The van der Waals surface area contributed by atoms with Crippen molar-refractivity contribution >= 4 is 40.0 Å². The fraction of sp³-hybridized carbons (Fsp3) is 0. The maximum absolute atomic E-state index is 13.4. The van der Waals surface area contributed by atoms with Gasteiger partial charge in [-0.25, -0.2) is 24.8 Å². The Bertz CT molecular complexity index is 2110. The van der Waals surface area contributed by atoms with Crippen LogP contribution in [0, 0.1) is 0 Å². The van der Waals surface area contributed by atoms with Crippen LogP contribution in [0.5, 0.6) is 0 Å². The van der Waals surface area contributed by atoms with Crippen molar-refractivity contribution in [3.63, 3.8) is 0 Å². The minimum absolute atomic E-state index is 0.272. The second kappa shape index (κ2) is 11.1. The molecule has 8 bridgehead atoms. The topological polar surface area (TPSA) is 75.7 Å². The van der Waals surface area contributed by atoms with E-state index >= 15 is 0 Å². The molecular formula is C39H24N4O2. The third-order valence-corrected chi connectivity index (χ3v) is 7.72. The number of esters is 1. The van der Waals surface area contributed by atoms with Crippen LogP contribution in [0.15, 0.2) is 194 Å². The van der Waals surface area contributed by atoms with Gasteiger partial charge in [0.05, 0.1) is 39.8 Å². The van der Waals surface area contributed by atoms with Crippen molar-refractivity contribution in [2.45, 2.75) is 0 Å². The van der Waals surface area contributed by atoms with Gasteiger partial charge >= 0.3 is 5.97 Å². The highest BCUT2D eigenvalue weighted by Crippen LogP contribution is 2.34. The predicted octanol–water partition coefficient (Wildman–Crippen LogP) is 7.82. The Balaban J connectivity index is 1.37. The number of aliphatic imine (C=N–C) groups is 4. The summed E-state index contributed by atoms with van der Waals surface area (Å²) in [6, 6.07) is 29.0. The van der Waals surface area contributed by atoms with E-state index in [0.717, 1.165) is 45.1 Å². The number of ether oxygens (including phenoxy) is 1. The molecule has 6 nitrogen and oxygen atoms in total. The van der Waals surface area contributed by atoms with Gasteiger partial charge in [-0.1, -0.05) is 78.9 Å². The maximum Gasteiger partial charge on any atom is 0.343 e. The number of nitrogens with zero attached hydrogens (tertiary/aromatic N) is 4. The third-order valence-electron chi connectivity index (χ3n) is 7.72. The van der Waals surface area contributed by atoms with Crippen molar-refractivity contribution in [2.24, 2.45) is 20.0 Å². The van der Waals surface area contributed by atoms with Crippen molar-refractivity contribution in [1.29, 1.82) is 0 Å². The molecule has 8 rings (SSSR count). The molecule has 0 amide bonds. The first-order valence-corrected chi connectivity index (χ1v) is 14.6. The van der Waals surface area contributed by atoms with Crippen LogP contribution < -0.4 is 0 Å². The fourth-order valence-electron chi connectivity index (χ4n) is 5.63. The van der Waals surface area contributed by atoms with E-state index in [-0.39, 0.29) is 5.76 Å². The number of allylic oxidation sites excluding steroid dienone is 11. The summed E-state index contributed by atoms with van der Waals surface area (Å²) in [7, 11) is 0. The highest BCUT2D eigenvalue weighted by Gasteiger charge is 2.27. The van der Waals surface area contributed by atoms with Gasteiger partial charge in [0.1, 0.15) is 11.4 Å². The molecule has 0 aromatic heterocycles. The van der Waals surface area contributed by atoms with Crippen molar-refractivity contribution in [3.05, 3.63) is 191 Å². The minimum atomic E-state index is -0.492. The standard InChI is InChI=1S/C39H24N4O2/c44-39(27-14-8-3-9-15-27)45-38-34-22-20-32(42-34)36(25-10-4-1-5-11-25)30-18-16-28(40-30)24-29-17-19-31(41-29)37(26-12-6-2-7-13-26)33-21-23-35(38)43-33/h1-24H. The molecule has 212 valence electrons. The Morgan fingerprint density at radius 3 is 1.73 bits per heavy atom. The lowest BCUT2D eigenvalue weighted by Crippen LogP contribution is -2.12. The summed E-state index contributed by atoms with van der Waals surface area (Å²) in [5.41, 5.74) is 9.67. The molecule has 0 saturated heterocycles. The molecule has 0 radical (unpaired) electrons. The van der Waals surface area contributed by atoms with Gasteiger partial charge in [0.15, 0.2) is 5.76 Å². The summed E-state index contributed by atoms with van der Waals surface area (Å²) in [5.74, 6) is -0.220. The SMILES string of the molecule is O=C(OC1=C2C=CC(=N2)C(c2ccccc2)=C2C=CC(=N2)C=C2C=CC(=N2)C(c2ccccc2)=C2C=CC1=N2)c1ccccc1. The average molecular weight is 581 g/mol. The van der Waals surface area contributed by atoms with Crippen LogP contribution in [0.25, 0.3) is 11.1 Å². The van der Waals surface area contributed by atoms with Crippen LogP contribution in [-0.4, -0.2) is 28.8 Å². The van der Waals surface area contributed by atoms with Crippen LogP contribution in [-0.2, 0) is 4.74 Å². The van der Waals surface area contributed by atoms with Gasteiger partial charge in [-0.15, -0.1) is 0 Å². The van der Waals surface area contributed by atoms with Gasteiger partial charge in [0.2, 0.25) is 0 Å². The molecule has 3 aromatic carbocycles. The Morgan fingerprint density at radius 2 is 1.02 bits per heavy atom. The number of carbonyl (C=O) groups excluding carboxylic acids is 1. The van der Waals surface area contributed by atoms with E-state index in [1.54, 1.807) is 24.3 Å². The van der Waals surface area contributed by atoms with Crippen molar-refractivity contribution in [2.75, 3.05) is 0 Å². The van der Waals surface area contributed by atoms with Crippen LogP contribution >= 0.6 is 0 Å². The number of benzene rings is 3. The monoisotopic (exact) mass is 580 g/mol. The van der Waals surface area contributed by atoms with E-state index in [1.807, 2.05) is 121 Å². The highest BCUT2D eigenvalue weighted by molar-refractivity contribution is 6.34. The molecule has 45 heavy (non-hydrogen) atoms. The molecule has 0 unspecified atom stereocenters. The lowest BCUT2D eigenvalue weighted by molar-refractivity contribution is 0.0641. The van der Waals surface area contributed by atoms with Crippen LogP contribution in [0.2, 0.25) is 0 Å². The summed E-state index contributed by atoms with van der Waals surface area (Å²) in [5, 5.41) is 0. The normalized spacial score (nSPS) is 17.9. The molecular weight excluding hydrogens is 556 g/mol. The summed E-state index contributed by atoms with van der Waals surface area (Å²) in [6.45, 7) is 0. The summed E-state index contributed by atoms with van der Waals surface area (Å²) in [4.78, 5) is 33.4. The van der Waals surface area contributed by atoms with Gasteiger partial charge in [-0.05, 0) is 77.9 Å². The highest BCUT2D eigenvalue weighted by atomic mass is 16.5. The molecule has 5 aliphatic heterocycles. The van der Waals surface area contributed by atoms with Crippen molar-refractivity contribution < 1.29 is 9.53 Å². The van der Waals surface area contributed by atoms with Gasteiger partial charge in [-0.3, -0.25) is 0 Å². The molecule has 3 aromatic rings. The Hall–Kier alpha value is -6.27. The number of fused-ring (bicyclic) bond motifs is 4. The van der Waals surface area contributed by atoms with E-state index in [9.17, 15) is 4.79 Å². The smallest absolute Gasteiger partial charge is 0.343 e. The van der Waals surface area contributed by atoms with E-state index in [1.165, 1.54) is 0 Å². The van der Waals surface area contributed by atoms with Crippen LogP contribution in [0.1, 0.15) is 21.5 Å². The van der Waals surface area contributed by atoms with Crippen LogP contribution in [0.4, 0.5) is 0 Å². The van der Waals surface area contributed by atoms with Crippen LogP contribution in [0.3, 0.4) is 0 Å². The number of hydrogen-bond acceptors (Lipinski definition) is 6. The van der Waals surface area contributed by atoms with Gasteiger partial charge in [0.25, 0.3) is 0 Å². The van der Waals surface area contributed by atoms with E-state index < -0.39 is 5.97 Å². The number of rotatable bonds is 4. The molecule has 0 aliphatic carbocycles. The molecule has 5 heterocycles. The second-order valence-corrected chi connectivity index (χ2v) is 10.7. The molecule has 0 N–H and O–H groups in total. The first kappa shape index (κ1) is 26.4. The zero-order valence-electron chi connectivity index (χ0n) is 24.0. The second-order valence-electron chi connectivity index (χ2n) is 10.7. The van der Waals surface area contributed by atoms with Gasteiger partial charge < -0.3 is 4.74 Å². The third kappa shape index (κ3) is 5.04. The average Bonchev–Trinajstić information content (AvgIpc) is 3.91. The van der Waals surface area contributed by atoms with Crippen molar-refractivity contribution in [1.82, 2.24) is 0 Å². The Labute approximate surface area is 260 Å². The quantitative estimate of drug-likeness (QED) is 0.295. The molecule has 0 spiro atoms. The molecule has 0 atom stereocenters. The van der Waals surface area contributed by atoms with Crippen molar-refractivity contribution in [3.8, 4) is 0 Å². The first-order chi connectivity index (χ1) is 22.2. The maximum atomic E-state index is 13.4. The number of carbonyl (C=O) groups is 1. The van der Waals surface area contributed by atoms with E-state index in [0.29, 0.717) is 28.4 Å². The largest absolute Gasteiger partial charge is 0.418 e. The summed E-state index contributed by atoms with van der Waals surface area (Å²) < 4.78 is 6.11. The molecule has 0 saturated carbocycles. The Morgan fingerprint density at radius 1 is 0.489 bits per heavy atom. The molecule has 0 fully saturated rings. The zero-order valence-corrected chi connectivity index (χ0v) is 24.0. The van der Waals surface area contributed by atoms with Gasteiger partial charge in [-0.2, -0.15) is 0 Å². The zero-order chi connectivity index (χ0) is 30.2. The van der Waals surface area contributed by atoms with E-state index in [2.05, 4.69) is 0 Å². The fourth-order valence-corrected chi connectivity index (χ4v) is 5.63. The lowest BCUT2D eigenvalue weighted by atomic mass is 9.99. The summed E-state index contributed by atoms with van der Waals surface area (Å²) >= 11 is 0.